The van der Waals surface area contributed by atoms with Crippen molar-refractivity contribution in [3.05, 3.63) is 17.9 Å². The van der Waals surface area contributed by atoms with Gasteiger partial charge >= 0.3 is 0 Å². The third-order valence-corrected chi connectivity index (χ3v) is 1.74. The fourth-order valence-electron chi connectivity index (χ4n) is 0.696. The van der Waals surface area contributed by atoms with E-state index in [0.717, 1.165) is 11.6 Å². The van der Waals surface area contributed by atoms with Gasteiger partial charge in [0.05, 0.1) is 5.88 Å². The van der Waals surface area contributed by atoms with Gasteiger partial charge < -0.3 is 9.32 Å². The minimum atomic E-state index is 0.674. The molecule has 0 aliphatic heterocycles. The zero-order valence-corrected chi connectivity index (χ0v) is 7.06. The average Bonchev–Trinajstić information content (AvgIpc) is 2.34. The van der Waals surface area contributed by atoms with Crippen molar-refractivity contribution in [3.8, 4) is 0 Å². The van der Waals surface area contributed by atoms with Gasteiger partial charge in [-0.1, -0.05) is 0 Å². The fourth-order valence-corrected chi connectivity index (χ4v) is 0.836. The van der Waals surface area contributed by atoms with E-state index in [1.54, 1.807) is 0 Å². The maximum absolute atomic E-state index is 5.31. The first-order chi connectivity index (χ1) is 4.74. The second kappa shape index (κ2) is 3.01. The molecule has 0 fully saturated rings. The summed E-state index contributed by atoms with van der Waals surface area (Å²) in [5, 5.41) is 0. The van der Waals surface area contributed by atoms with Gasteiger partial charge in [0.1, 0.15) is 5.76 Å². The number of rotatable bonds is 2. The van der Waals surface area contributed by atoms with Crippen LogP contribution in [-0.2, 0) is 0 Å². The molecule has 0 N–H and O–H groups in total. The second-order valence-electron chi connectivity index (χ2n) is 2.22. The number of hydrogen-bond acceptors (Lipinski definition) is 3. The summed E-state index contributed by atoms with van der Waals surface area (Å²) in [4.78, 5) is 1.93. The Hall–Kier alpha value is -0.570. The van der Waals surface area contributed by atoms with E-state index in [0.29, 0.717) is 5.88 Å². The Morgan fingerprint density at radius 3 is 2.70 bits per heavy atom. The lowest BCUT2D eigenvalue weighted by Crippen LogP contribution is -2.12. The van der Waals surface area contributed by atoms with Crippen LogP contribution in [0.25, 0.3) is 0 Å². The Bertz CT molecular complexity index is 209. The highest BCUT2D eigenvalue weighted by atomic mass is 32.1. The van der Waals surface area contributed by atoms with Crippen LogP contribution >= 0.6 is 12.6 Å². The summed E-state index contributed by atoms with van der Waals surface area (Å²) in [6.07, 6.45) is 0. The highest BCUT2D eigenvalue weighted by molar-refractivity contribution is 7.80. The third-order valence-electron chi connectivity index (χ3n) is 1.31. The Balaban J connectivity index is 2.74. The van der Waals surface area contributed by atoms with E-state index in [1.807, 2.05) is 31.0 Å². The molecular formula is C7H11NOS. The number of nitrogens with zero attached hydrogens (tertiary/aromatic N) is 1. The molecule has 0 bridgehead atoms. The van der Waals surface area contributed by atoms with Crippen LogP contribution in [0.15, 0.2) is 16.5 Å². The van der Waals surface area contributed by atoms with E-state index in [2.05, 4.69) is 12.6 Å². The topological polar surface area (TPSA) is 16.4 Å². The lowest BCUT2D eigenvalue weighted by Gasteiger charge is -2.10. The summed E-state index contributed by atoms with van der Waals surface area (Å²) >= 11 is 4.10. The van der Waals surface area contributed by atoms with Crippen molar-refractivity contribution in [2.75, 3.05) is 17.8 Å². The molecule has 1 rings (SSSR count). The molecule has 56 valence electrons. The normalized spacial score (nSPS) is 9.90. The fraction of sp³-hybridized carbons (Fsp3) is 0.429. The first-order valence-electron chi connectivity index (χ1n) is 3.12. The molecule has 1 aromatic heterocycles. The number of thiol groups is 1. The molecule has 0 aliphatic rings. The van der Waals surface area contributed by atoms with E-state index in [4.69, 9.17) is 4.42 Å². The van der Waals surface area contributed by atoms with Crippen LogP contribution in [0, 0.1) is 6.92 Å². The zero-order chi connectivity index (χ0) is 7.56. The van der Waals surface area contributed by atoms with Crippen LogP contribution in [0.2, 0.25) is 0 Å². The standard InChI is InChI=1S/C7H11NOS/c1-6-3-4-7(9-6)8(2)5-10/h3-4,10H,5H2,1-2H3. The van der Waals surface area contributed by atoms with E-state index in [9.17, 15) is 0 Å². The number of furan rings is 1. The van der Waals surface area contributed by atoms with Crippen LogP contribution in [0.5, 0.6) is 0 Å². The van der Waals surface area contributed by atoms with Gasteiger partial charge in [-0.25, -0.2) is 0 Å². The lowest BCUT2D eigenvalue weighted by molar-refractivity contribution is 0.533. The molecule has 0 atom stereocenters. The smallest absolute Gasteiger partial charge is 0.196 e. The van der Waals surface area contributed by atoms with Crippen molar-refractivity contribution in [1.82, 2.24) is 0 Å². The number of hydrogen-bond donors (Lipinski definition) is 1. The van der Waals surface area contributed by atoms with Crippen LogP contribution in [0.4, 0.5) is 5.88 Å². The van der Waals surface area contributed by atoms with E-state index in [1.165, 1.54) is 0 Å². The summed E-state index contributed by atoms with van der Waals surface area (Å²) < 4.78 is 5.31. The van der Waals surface area contributed by atoms with Crippen LogP contribution in [0.3, 0.4) is 0 Å². The van der Waals surface area contributed by atoms with Crippen molar-refractivity contribution in [1.29, 1.82) is 0 Å². The van der Waals surface area contributed by atoms with Crippen molar-refractivity contribution in [2.24, 2.45) is 0 Å². The Morgan fingerprint density at radius 2 is 2.30 bits per heavy atom. The maximum Gasteiger partial charge on any atom is 0.196 e. The molecule has 0 unspecified atom stereocenters. The second-order valence-corrected chi connectivity index (χ2v) is 2.51. The van der Waals surface area contributed by atoms with Crippen molar-refractivity contribution in [3.63, 3.8) is 0 Å². The van der Waals surface area contributed by atoms with Gasteiger partial charge in [-0.2, -0.15) is 12.6 Å². The molecule has 0 spiro atoms. The van der Waals surface area contributed by atoms with Crippen LogP contribution in [-0.4, -0.2) is 12.9 Å². The van der Waals surface area contributed by atoms with E-state index in [-0.39, 0.29) is 0 Å². The van der Waals surface area contributed by atoms with Gasteiger partial charge in [-0.05, 0) is 13.0 Å². The Morgan fingerprint density at radius 1 is 1.60 bits per heavy atom. The van der Waals surface area contributed by atoms with Crippen LogP contribution < -0.4 is 4.90 Å². The summed E-state index contributed by atoms with van der Waals surface area (Å²) in [5.41, 5.74) is 0. The molecule has 0 aliphatic carbocycles. The highest BCUT2D eigenvalue weighted by Gasteiger charge is 2.00. The van der Waals surface area contributed by atoms with Crippen molar-refractivity contribution < 1.29 is 4.42 Å². The zero-order valence-electron chi connectivity index (χ0n) is 6.16. The molecule has 10 heavy (non-hydrogen) atoms. The largest absolute Gasteiger partial charge is 0.446 e. The number of anilines is 1. The van der Waals surface area contributed by atoms with Gasteiger partial charge in [-0.3, -0.25) is 0 Å². The van der Waals surface area contributed by atoms with E-state index >= 15 is 0 Å². The molecule has 0 saturated carbocycles. The van der Waals surface area contributed by atoms with Crippen molar-refractivity contribution in [2.45, 2.75) is 6.92 Å². The Labute approximate surface area is 66.2 Å². The summed E-state index contributed by atoms with van der Waals surface area (Å²) in [7, 11) is 1.94. The predicted octanol–water partition coefficient (Wildman–Crippen LogP) is 1.91. The van der Waals surface area contributed by atoms with Gasteiger partial charge in [0.2, 0.25) is 0 Å². The molecule has 1 heterocycles. The molecular weight excluding hydrogens is 146 g/mol. The first kappa shape index (κ1) is 7.54. The summed E-state index contributed by atoms with van der Waals surface area (Å²) in [6.45, 7) is 1.93. The molecule has 2 nitrogen and oxygen atoms in total. The molecule has 1 aromatic rings. The molecule has 0 amide bonds. The monoisotopic (exact) mass is 157 g/mol. The summed E-state index contributed by atoms with van der Waals surface area (Å²) in [6, 6.07) is 3.88. The SMILES string of the molecule is Cc1ccc(N(C)CS)o1. The molecule has 0 radical (unpaired) electrons. The van der Waals surface area contributed by atoms with Gasteiger partial charge in [0.25, 0.3) is 0 Å². The Kier molecular flexibility index (Phi) is 2.27. The lowest BCUT2D eigenvalue weighted by atomic mass is 10.5. The maximum atomic E-state index is 5.31. The summed E-state index contributed by atoms with van der Waals surface area (Å²) in [5.74, 6) is 2.48. The van der Waals surface area contributed by atoms with Crippen molar-refractivity contribution >= 4 is 18.5 Å². The quantitative estimate of drug-likeness (QED) is 0.521. The molecule has 0 aromatic carbocycles. The van der Waals surface area contributed by atoms with E-state index < -0.39 is 0 Å². The third kappa shape index (κ3) is 1.48. The van der Waals surface area contributed by atoms with Gasteiger partial charge in [-0.15, -0.1) is 0 Å². The molecule has 0 saturated heterocycles. The highest BCUT2D eigenvalue weighted by Crippen LogP contribution is 2.15. The number of aryl methyl sites for hydroxylation is 1. The van der Waals surface area contributed by atoms with Crippen LogP contribution in [0.1, 0.15) is 5.76 Å². The van der Waals surface area contributed by atoms with Gasteiger partial charge in [0, 0.05) is 13.1 Å². The predicted molar refractivity (Wildman–Crippen MR) is 45.7 cm³/mol. The first-order valence-corrected chi connectivity index (χ1v) is 3.75. The molecule has 3 heteroatoms. The minimum Gasteiger partial charge on any atom is -0.446 e. The van der Waals surface area contributed by atoms with Gasteiger partial charge in [0.15, 0.2) is 5.88 Å². The average molecular weight is 157 g/mol. The minimum absolute atomic E-state index is 0.674.